The van der Waals surface area contributed by atoms with Crippen LogP contribution in [0.3, 0.4) is 0 Å². The standard InChI is InChI=1S/C27H30ClF5N2O4/c28-22-16-20(9-10-21(22)24(36)34-17-23(29)30)39-15-5-4-6-18-11-13-35(14-12-18)25(37)26(38,27(31,32)33)19-7-2-1-3-8-19/h1-3,7-10,16,18,23,38H,4-6,11-15,17H2,(H,34,36). The lowest BCUT2D eigenvalue weighted by atomic mass is 9.88. The summed E-state index contributed by atoms with van der Waals surface area (Å²) in [6.07, 6.45) is -4.49. The van der Waals surface area contributed by atoms with Crippen molar-refractivity contribution in [1.29, 1.82) is 0 Å². The summed E-state index contributed by atoms with van der Waals surface area (Å²) in [6.45, 7) is -0.158. The van der Waals surface area contributed by atoms with Gasteiger partial charge in [0.05, 0.1) is 23.7 Å². The molecule has 214 valence electrons. The molecule has 0 aromatic heterocycles. The van der Waals surface area contributed by atoms with E-state index in [2.05, 4.69) is 5.32 Å². The van der Waals surface area contributed by atoms with Crippen molar-refractivity contribution >= 4 is 23.4 Å². The van der Waals surface area contributed by atoms with Crippen molar-refractivity contribution < 1.29 is 41.4 Å². The van der Waals surface area contributed by atoms with Crippen LogP contribution in [0.15, 0.2) is 48.5 Å². The highest BCUT2D eigenvalue weighted by Gasteiger charge is 2.62. The second-order valence-corrected chi connectivity index (χ2v) is 9.80. The molecule has 12 heteroatoms. The van der Waals surface area contributed by atoms with E-state index in [9.17, 15) is 36.6 Å². The molecule has 1 unspecified atom stereocenters. The van der Waals surface area contributed by atoms with Crippen molar-refractivity contribution in [1.82, 2.24) is 10.2 Å². The fourth-order valence-corrected chi connectivity index (χ4v) is 4.76. The third kappa shape index (κ3) is 7.82. The second kappa shape index (κ2) is 13.4. The molecule has 1 atom stereocenters. The van der Waals surface area contributed by atoms with Gasteiger partial charge < -0.3 is 20.1 Å². The van der Waals surface area contributed by atoms with E-state index >= 15 is 0 Å². The lowest BCUT2D eigenvalue weighted by Gasteiger charge is -2.38. The third-order valence-corrected chi connectivity index (χ3v) is 7.00. The molecule has 2 N–H and O–H groups in total. The normalized spacial score (nSPS) is 16.2. The Morgan fingerprint density at radius 2 is 1.74 bits per heavy atom. The Balaban J connectivity index is 1.41. The van der Waals surface area contributed by atoms with Crippen molar-refractivity contribution in [2.45, 2.75) is 50.3 Å². The molecule has 2 aromatic rings. The number of likely N-dealkylation sites (tertiary alicyclic amines) is 1. The molecule has 3 rings (SSSR count). The number of unbranched alkanes of at least 4 members (excludes halogenated alkanes) is 1. The molecule has 0 saturated carbocycles. The van der Waals surface area contributed by atoms with Gasteiger partial charge in [-0.2, -0.15) is 13.2 Å². The third-order valence-electron chi connectivity index (χ3n) is 6.69. The van der Waals surface area contributed by atoms with Crippen LogP contribution in [-0.2, 0) is 10.4 Å². The zero-order chi connectivity index (χ0) is 28.6. The summed E-state index contributed by atoms with van der Waals surface area (Å²) in [6, 6.07) is 10.7. The summed E-state index contributed by atoms with van der Waals surface area (Å²) in [5, 5.41) is 12.7. The quantitative estimate of drug-likeness (QED) is 0.271. The summed E-state index contributed by atoms with van der Waals surface area (Å²) < 4.78 is 71.6. The molecule has 0 spiro atoms. The maximum Gasteiger partial charge on any atom is 0.430 e. The van der Waals surface area contributed by atoms with Crippen LogP contribution in [0, 0.1) is 5.92 Å². The Kier molecular flexibility index (Phi) is 10.5. The first-order valence-corrected chi connectivity index (χ1v) is 12.9. The Morgan fingerprint density at radius 1 is 1.08 bits per heavy atom. The smallest absolute Gasteiger partial charge is 0.430 e. The van der Waals surface area contributed by atoms with E-state index in [1.807, 2.05) is 0 Å². The maximum atomic E-state index is 13.8. The largest absolute Gasteiger partial charge is 0.494 e. The van der Waals surface area contributed by atoms with Gasteiger partial charge in [-0.3, -0.25) is 9.59 Å². The van der Waals surface area contributed by atoms with E-state index in [1.165, 1.54) is 36.4 Å². The predicted octanol–water partition coefficient (Wildman–Crippen LogP) is 5.57. The van der Waals surface area contributed by atoms with Crippen molar-refractivity contribution in [3.63, 3.8) is 0 Å². The first-order valence-electron chi connectivity index (χ1n) is 12.6. The van der Waals surface area contributed by atoms with Gasteiger partial charge in [0.25, 0.3) is 23.8 Å². The molecule has 1 aliphatic heterocycles. The molecule has 1 aliphatic rings. The van der Waals surface area contributed by atoms with Crippen LogP contribution in [0.1, 0.15) is 48.0 Å². The SMILES string of the molecule is O=C(NCC(F)F)c1ccc(OCCCCC2CCN(C(=O)C(O)(c3ccccc3)C(F)(F)F)CC2)cc1Cl. The van der Waals surface area contributed by atoms with Crippen molar-refractivity contribution in [3.8, 4) is 5.75 Å². The minimum absolute atomic E-state index is 0.0620. The number of amides is 2. The van der Waals surface area contributed by atoms with E-state index in [1.54, 1.807) is 0 Å². The summed E-state index contributed by atoms with van der Waals surface area (Å²) >= 11 is 6.07. The zero-order valence-corrected chi connectivity index (χ0v) is 21.8. The highest BCUT2D eigenvalue weighted by atomic mass is 35.5. The molecule has 1 heterocycles. The number of piperidine rings is 1. The molecule has 2 aromatic carbocycles. The van der Waals surface area contributed by atoms with Crippen molar-refractivity contribution in [2.75, 3.05) is 26.2 Å². The van der Waals surface area contributed by atoms with E-state index in [0.717, 1.165) is 29.9 Å². The molecular formula is C27H30ClF5N2O4. The number of rotatable bonds is 11. The summed E-state index contributed by atoms with van der Waals surface area (Å²) in [7, 11) is 0. The van der Waals surface area contributed by atoms with Gasteiger partial charge >= 0.3 is 6.18 Å². The van der Waals surface area contributed by atoms with Gasteiger partial charge in [-0.1, -0.05) is 48.4 Å². The van der Waals surface area contributed by atoms with Gasteiger partial charge in [0, 0.05) is 18.7 Å². The predicted molar refractivity (Wildman–Crippen MR) is 135 cm³/mol. The molecule has 0 radical (unpaired) electrons. The first-order chi connectivity index (χ1) is 18.4. The molecular weight excluding hydrogens is 547 g/mol. The molecule has 2 amide bonds. The van der Waals surface area contributed by atoms with Crippen molar-refractivity contribution in [2.24, 2.45) is 5.92 Å². The fourth-order valence-electron chi connectivity index (χ4n) is 4.50. The number of alkyl halides is 5. The monoisotopic (exact) mass is 576 g/mol. The number of hydrogen-bond donors (Lipinski definition) is 2. The molecule has 39 heavy (non-hydrogen) atoms. The van der Waals surface area contributed by atoms with Crippen LogP contribution in [0.4, 0.5) is 22.0 Å². The van der Waals surface area contributed by atoms with Gasteiger partial charge in [-0.15, -0.1) is 0 Å². The number of halogens is 6. The Hall–Kier alpha value is -2.92. The van der Waals surface area contributed by atoms with Crippen LogP contribution in [0.25, 0.3) is 0 Å². The summed E-state index contributed by atoms with van der Waals surface area (Å²) in [4.78, 5) is 25.8. The van der Waals surface area contributed by atoms with Crippen LogP contribution in [0.2, 0.25) is 5.02 Å². The number of hydrogen-bond acceptors (Lipinski definition) is 4. The van der Waals surface area contributed by atoms with Crippen LogP contribution >= 0.6 is 11.6 Å². The van der Waals surface area contributed by atoms with Gasteiger partial charge in [-0.25, -0.2) is 8.78 Å². The lowest BCUT2D eigenvalue weighted by molar-refractivity contribution is -0.262. The number of benzene rings is 2. The fraction of sp³-hybridized carbons (Fsp3) is 0.481. The van der Waals surface area contributed by atoms with Gasteiger partial charge in [-0.05, 0) is 49.8 Å². The van der Waals surface area contributed by atoms with Crippen LogP contribution < -0.4 is 10.1 Å². The number of nitrogens with zero attached hydrogens (tertiary/aromatic N) is 1. The van der Waals surface area contributed by atoms with Gasteiger partial charge in [0.1, 0.15) is 5.75 Å². The second-order valence-electron chi connectivity index (χ2n) is 9.40. The Bertz CT molecular complexity index is 1110. The average molecular weight is 577 g/mol. The van der Waals surface area contributed by atoms with Gasteiger partial charge in [0.2, 0.25) is 0 Å². The maximum absolute atomic E-state index is 13.8. The van der Waals surface area contributed by atoms with E-state index in [4.69, 9.17) is 16.3 Å². The molecule has 1 fully saturated rings. The van der Waals surface area contributed by atoms with Crippen LogP contribution in [0.5, 0.6) is 5.75 Å². The summed E-state index contributed by atoms with van der Waals surface area (Å²) in [5.41, 5.74) is -4.03. The van der Waals surface area contributed by atoms with E-state index in [-0.39, 0.29) is 29.6 Å². The molecule has 0 bridgehead atoms. The Morgan fingerprint density at radius 3 is 2.33 bits per heavy atom. The number of nitrogens with one attached hydrogen (secondary N) is 1. The van der Waals surface area contributed by atoms with Gasteiger partial charge in [0.15, 0.2) is 0 Å². The number of carbonyl (C=O) groups is 2. The van der Waals surface area contributed by atoms with E-state index < -0.39 is 42.1 Å². The minimum atomic E-state index is -5.16. The number of ether oxygens (including phenoxy) is 1. The lowest BCUT2D eigenvalue weighted by Crippen LogP contribution is -2.57. The number of carbonyl (C=O) groups excluding carboxylic acids is 2. The highest BCUT2D eigenvalue weighted by molar-refractivity contribution is 6.34. The number of aliphatic hydroxyl groups is 1. The van der Waals surface area contributed by atoms with Crippen molar-refractivity contribution in [3.05, 3.63) is 64.7 Å². The highest BCUT2D eigenvalue weighted by Crippen LogP contribution is 2.41. The van der Waals surface area contributed by atoms with E-state index in [0.29, 0.717) is 31.6 Å². The molecule has 1 saturated heterocycles. The minimum Gasteiger partial charge on any atom is -0.494 e. The molecule has 6 nitrogen and oxygen atoms in total. The zero-order valence-electron chi connectivity index (χ0n) is 21.0. The van der Waals surface area contributed by atoms with Crippen LogP contribution in [-0.4, -0.2) is 60.7 Å². The summed E-state index contributed by atoms with van der Waals surface area (Å²) in [5.74, 6) is -1.41. The topological polar surface area (TPSA) is 78.9 Å². The average Bonchev–Trinajstić information content (AvgIpc) is 2.91. The molecule has 0 aliphatic carbocycles. The first kappa shape index (κ1) is 30.6. The Labute approximate surface area is 228 Å².